The van der Waals surface area contributed by atoms with E-state index in [-0.39, 0.29) is 17.3 Å². The van der Waals surface area contributed by atoms with Crippen molar-refractivity contribution in [1.29, 1.82) is 0 Å². The number of nitrogens with one attached hydrogen (secondary N) is 1. The highest BCUT2D eigenvalue weighted by Gasteiger charge is 2.31. The van der Waals surface area contributed by atoms with Crippen molar-refractivity contribution in [3.05, 3.63) is 66.5 Å². The second-order valence-corrected chi connectivity index (χ2v) is 8.97. The van der Waals surface area contributed by atoms with Crippen LogP contribution in [0.25, 0.3) is 22.9 Å². The molecule has 39 heavy (non-hydrogen) atoms. The smallest absolute Gasteiger partial charge is 0.378 e. The first-order chi connectivity index (χ1) is 18.7. The molecule has 1 aliphatic rings. The highest BCUT2D eigenvalue weighted by Crippen LogP contribution is 2.35. The number of aromatic nitrogens is 5. The van der Waals surface area contributed by atoms with Gasteiger partial charge in [-0.25, -0.2) is 19.3 Å². The number of alkyl halides is 3. The van der Waals surface area contributed by atoms with E-state index in [0.717, 1.165) is 18.3 Å². The summed E-state index contributed by atoms with van der Waals surface area (Å²) in [6.07, 6.45) is 1.11. The van der Waals surface area contributed by atoms with Crippen molar-refractivity contribution >= 4 is 22.9 Å². The summed E-state index contributed by atoms with van der Waals surface area (Å²) in [4.78, 5) is 25.0. The summed E-state index contributed by atoms with van der Waals surface area (Å²) in [5, 5.41) is 2.98. The van der Waals surface area contributed by atoms with Crippen LogP contribution in [-0.2, 0) is 10.9 Å². The van der Waals surface area contributed by atoms with E-state index in [2.05, 4.69) is 30.2 Å². The maximum Gasteiger partial charge on any atom is 0.416 e. The minimum Gasteiger partial charge on any atom is -0.378 e. The second kappa shape index (κ2) is 10.8. The Kier molecular flexibility index (Phi) is 7.24. The SMILES string of the molecule is CN(C)c1cc(Nc2ccc(-c3cncc(-c4ncc(F)c(N5CCOCC5)n4)n3)nc2)cc(C(F)(F)F)c1. The molecule has 1 aromatic carbocycles. The van der Waals surface area contributed by atoms with Crippen LogP contribution in [0.2, 0.25) is 0 Å². The van der Waals surface area contributed by atoms with Gasteiger partial charge in [0.15, 0.2) is 17.5 Å². The molecule has 9 nitrogen and oxygen atoms in total. The van der Waals surface area contributed by atoms with E-state index in [0.29, 0.717) is 54.8 Å². The van der Waals surface area contributed by atoms with Crippen molar-refractivity contribution in [3.63, 3.8) is 0 Å². The van der Waals surface area contributed by atoms with E-state index >= 15 is 0 Å². The zero-order valence-electron chi connectivity index (χ0n) is 21.1. The second-order valence-electron chi connectivity index (χ2n) is 8.97. The fraction of sp³-hybridized carbons (Fsp3) is 0.269. The molecule has 0 spiro atoms. The Morgan fingerprint density at radius 3 is 2.33 bits per heavy atom. The number of anilines is 4. The zero-order valence-corrected chi connectivity index (χ0v) is 21.1. The van der Waals surface area contributed by atoms with E-state index in [4.69, 9.17) is 4.74 Å². The first-order valence-electron chi connectivity index (χ1n) is 12.0. The molecule has 4 aromatic rings. The number of benzene rings is 1. The van der Waals surface area contributed by atoms with Crippen LogP contribution in [0.4, 0.5) is 40.4 Å². The summed E-state index contributed by atoms with van der Waals surface area (Å²) < 4.78 is 59.9. The van der Waals surface area contributed by atoms with Crippen LogP contribution >= 0.6 is 0 Å². The van der Waals surface area contributed by atoms with Crippen LogP contribution in [0.15, 0.2) is 55.1 Å². The largest absolute Gasteiger partial charge is 0.416 e. The number of hydrogen-bond acceptors (Lipinski definition) is 9. The van der Waals surface area contributed by atoms with E-state index in [9.17, 15) is 17.6 Å². The molecule has 13 heteroatoms. The standard InChI is InChI=1S/C26H24F4N8O/c1-37(2)19-10-16(26(28,29)30)9-18(11-19)34-17-3-4-21(32-12-17)22-14-31-15-23(35-22)24-33-13-20(27)25(36-24)38-5-7-39-8-6-38/h3-4,9-15,34H,5-8H2,1-2H3. The molecule has 0 atom stereocenters. The molecule has 1 saturated heterocycles. The summed E-state index contributed by atoms with van der Waals surface area (Å²) in [6.45, 7) is 1.99. The normalized spacial score (nSPS) is 13.8. The lowest BCUT2D eigenvalue weighted by molar-refractivity contribution is -0.137. The van der Waals surface area contributed by atoms with Crippen molar-refractivity contribution in [3.8, 4) is 22.9 Å². The fourth-order valence-electron chi connectivity index (χ4n) is 3.97. The third-order valence-corrected chi connectivity index (χ3v) is 5.98. The maximum absolute atomic E-state index is 14.4. The molecule has 0 bridgehead atoms. The van der Waals surface area contributed by atoms with Gasteiger partial charge in [0.2, 0.25) is 0 Å². The van der Waals surface area contributed by atoms with Gasteiger partial charge in [0.25, 0.3) is 0 Å². The summed E-state index contributed by atoms with van der Waals surface area (Å²) >= 11 is 0. The third kappa shape index (κ3) is 6.03. The van der Waals surface area contributed by atoms with Crippen LogP contribution < -0.4 is 15.1 Å². The number of rotatable bonds is 6. The molecule has 0 radical (unpaired) electrons. The van der Waals surface area contributed by atoms with Crippen LogP contribution in [-0.4, -0.2) is 65.3 Å². The fourth-order valence-corrected chi connectivity index (χ4v) is 3.97. The van der Waals surface area contributed by atoms with Gasteiger partial charge < -0.3 is 19.9 Å². The van der Waals surface area contributed by atoms with Crippen molar-refractivity contribution in [2.24, 2.45) is 0 Å². The van der Waals surface area contributed by atoms with Crippen molar-refractivity contribution in [2.45, 2.75) is 6.18 Å². The highest BCUT2D eigenvalue weighted by molar-refractivity contribution is 5.68. The van der Waals surface area contributed by atoms with Gasteiger partial charge in [-0.1, -0.05) is 0 Å². The molecular weight excluding hydrogens is 516 g/mol. The van der Waals surface area contributed by atoms with Gasteiger partial charge in [0.1, 0.15) is 11.4 Å². The lowest BCUT2D eigenvalue weighted by atomic mass is 10.1. The van der Waals surface area contributed by atoms with Crippen LogP contribution in [0, 0.1) is 5.82 Å². The molecule has 1 aliphatic heterocycles. The number of morpholine rings is 1. The molecule has 0 aliphatic carbocycles. The quantitative estimate of drug-likeness (QED) is 0.346. The molecule has 1 N–H and O–H groups in total. The van der Waals surface area contributed by atoms with Gasteiger partial charge in [-0.15, -0.1) is 0 Å². The van der Waals surface area contributed by atoms with E-state index in [1.54, 1.807) is 42.1 Å². The molecule has 0 amide bonds. The first kappa shape index (κ1) is 26.2. The number of pyridine rings is 1. The average Bonchev–Trinajstić information content (AvgIpc) is 2.93. The molecule has 4 heterocycles. The molecule has 1 fully saturated rings. The Morgan fingerprint density at radius 2 is 1.64 bits per heavy atom. The third-order valence-electron chi connectivity index (χ3n) is 5.98. The monoisotopic (exact) mass is 540 g/mol. The van der Waals surface area contributed by atoms with Gasteiger partial charge in [0.05, 0.1) is 54.9 Å². The zero-order chi connectivity index (χ0) is 27.6. The highest BCUT2D eigenvalue weighted by atomic mass is 19.4. The topological polar surface area (TPSA) is 92.2 Å². The van der Waals surface area contributed by atoms with Gasteiger partial charge in [-0.05, 0) is 30.3 Å². The van der Waals surface area contributed by atoms with Crippen molar-refractivity contribution < 1.29 is 22.3 Å². The Labute approximate surface area is 221 Å². The average molecular weight is 541 g/mol. The van der Waals surface area contributed by atoms with Crippen molar-refractivity contribution in [1.82, 2.24) is 24.9 Å². The number of hydrogen-bond donors (Lipinski definition) is 1. The molecule has 3 aromatic heterocycles. The summed E-state index contributed by atoms with van der Waals surface area (Å²) in [7, 11) is 3.34. The van der Waals surface area contributed by atoms with E-state index < -0.39 is 17.6 Å². The van der Waals surface area contributed by atoms with Crippen LogP contribution in [0.5, 0.6) is 0 Å². The minimum absolute atomic E-state index is 0.177. The Balaban J connectivity index is 1.37. The Morgan fingerprint density at radius 1 is 0.872 bits per heavy atom. The van der Waals surface area contributed by atoms with Gasteiger partial charge in [-0.2, -0.15) is 13.2 Å². The molecule has 0 saturated carbocycles. The molecule has 5 rings (SSSR count). The molecular formula is C26H24F4N8O. The van der Waals surface area contributed by atoms with E-state index in [1.165, 1.54) is 18.6 Å². The maximum atomic E-state index is 14.4. The summed E-state index contributed by atoms with van der Waals surface area (Å²) in [5.41, 5.74) is 1.65. The Bertz CT molecular complexity index is 1460. The predicted octanol–water partition coefficient (Wildman–Crippen LogP) is 4.80. The van der Waals surface area contributed by atoms with Crippen LogP contribution in [0.1, 0.15) is 5.56 Å². The number of ether oxygens (including phenoxy) is 1. The molecule has 202 valence electrons. The number of nitrogens with zero attached hydrogens (tertiary/aromatic N) is 7. The Hall–Kier alpha value is -4.39. The van der Waals surface area contributed by atoms with Crippen molar-refractivity contribution in [2.75, 3.05) is 55.5 Å². The number of halogens is 4. The summed E-state index contributed by atoms with van der Waals surface area (Å²) in [6, 6.07) is 7.10. The predicted molar refractivity (Wildman–Crippen MR) is 138 cm³/mol. The summed E-state index contributed by atoms with van der Waals surface area (Å²) in [5.74, 6) is -0.143. The van der Waals surface area contributed by atoms with E-state index in [1.807, 2.05) is 0 Å². The van der Waals surface area contributed by atoms with Gasteiger partial charge in [-0.3, -0.25) is 9.97 Å². The first-order valence-corrected chi connectivity index (χ1v) is 12.0. The van der Waals surface area contributed by atoms with Gasteiger partial charge >= 0.3 is 6.18 Å². The minimum atomic E-state index is -4.48. The lowest BCUT2D eigenvalue weighted by Crippen LogP contribution is -2.37. The molecule has 0 unspecified atom stereocenters. The van der Waals surface area contributed by atoms with Crippen LogP contribution in [0.3, 0.4) is 0 Å². The van der Waals surface area contributed by atoms with Gasteiger partial charge in [0, 0.05) is 38.6 Å². The lowest BCUT2D eigenvalue weighted by Gasteiger charge is -2.28.